The maximum Gasteiger partial charge on any atom is 0.0970 e. The summed E-state index contributed by atoms with van der Waals surface area (Å²) in [7, 11) is 0. The first-order chi connectivity index (χ1) is 8.58. The van der Waals surface area contributed by atoms with Crippen molar-refractivity contribution >= 4 is 34.3 Å². The Morgan fingerprint density at radius 1 is 1.50 bits per heavy atom. The van der Waals surface area contributed by atoms with Gasteiger partial charge in [-0.2, -0.15) is 11.3 Å². The molecule has 18 heavy (non-hydrogen) atoms. The third-order valence-electron chi connectivity index (χ3n) is 2.76. The molecule has 0 spiro atoms. The Morgan fingerprint density at radius 2 is 2.28 bits per heavy atom. The SMILES string of the molecule is Cc1cc(N)c(Cl)cc1NCC(O)c1ccsc1. The largest absolute Gasteiger partial charge is 0.398 e. The standard InChI is InChI=1S/C13H15ClN2OS/c1-8-4-11(15)10(14)5-12(8)16-6-13(17)9-2-3-18-7-9/h2-5,7,13,16-17H,6,15H2,1H3. The Labute approximate surface area is 115 Å². The van der Waals surface area contributed by atoms with E-state index in [0.29, 0.717) is 17.3 Å². The second-order valence-electron chi connectivity index (χ2n) is 4.14. The third kappa shape index (κ3) is 2.96. The number of rotatable bonds is 4. The summed E-state index contributed by atoms with van der Waals surface area (Å²) in [6.07, 6.45) is -0.521. The molecule has 3 nitrogen and oxygen atoms in total. The van der Waals surface area contributed by atoms with Gasteiger partial charge in [0.1, 0.15) is 0 Å². The van der Waals surface area contributed by atoms with Crippen molar-refractivity contribution in [2.75, 3.05) is 17.6 Å². The number of benzene rings is 1. The van der Waals surface area contributed by atoms with Gasteiger partial charge in [0.25, 0.3) is 0 Å². The molecule has 1 heterocycles. The Morgan fingerprint density at radius 3 is 2.94 bits per heavy atom. The van der Waals surface area contributed by atoms with E-state index in [0.717, 1.165) is 16.8 Å². The van der Waals surface area contributed by atoms with Gasteiger partial charge in [0.15, 0.2) is 0 Å². The molecule has 0 saturated heterocycles. The van der Waals surface area contributed by atoms with Crippen LogP contribution in [0.25, 0.3) is 0 Å². The van der Waals surface area contributed by atoms with Crippen molar-refractivity contribution in [3.8, 4) is 0 Å². The lowest BCUT2D eigenvalue weighted by molar-refractivity contribution is 0.192. The Bertz CT molecular complexity index is 528. The molecule has 1 atom stereocenters. The fourth-order valence-corrected chi connectivity index (χ4v) is 2.55. The summed E-state index contributed by atoms with van der Waals surface area (Å²) in [6.45, 7) is 2.39. The second kappa shape index (κ2) is 5.61. The van der Waals surface area contributed by atoms with Gasteiger partial charge in [-0.25, -0.2) is 0 Å². The zero-order valence-electron chi connectivity index (χ0n) is 9.98. The smallest absolute Gasteiger partial charge is 0.0970 e. The number of aliphatic hydroxyl groups is 1. The van der Waals surface area contributed by atoms with E-state index >= 15 is 0 Å². The number of hydrogen-bond donors (Lipinski definition) is 3. The minimum atomic E-state index is -0.521. The predicted molar refractivity (Wildman–Crippen MR) is 78.4 cm³/mol. The molecule has 0 aliphatic heterocycles. The summed E-state index contributed by atoms with van der Waals surface area (Å²) in [5.41, 5.74) is 9.11. The molecule has 96 valence electrons. The van der Waals surface area contributed by atoms with Gasteiger partial charge in [0, 0.05) is 12.2 Å². The zero-order chi connectivity index (χ0) is 13.1. The normalized spacial score (nSPS) is 12.4. The zero-order valence-corrected chi connectivity index (χ0v) is 11.6. The van der Waals surface area contributed by atoms with Crippen LogP contribution in [0.15, 0.2) is 29.0 Å². The summed E-state index contributed by atoms with van der Waals surface area (Å²) >= 11 is 7.55. The molecule has 4 N–H and O–H groups in total. The highest BCUT2D eigenvalue weighted by Gasteiger charge is 2.09. The monoisotopic (exact) mass is 282 g/mol. The molecule has 1 unspecified atom stereocenters. The quantitative estimate of drug-likeness (QED) is 0.753. The number of nitrogens with two attached hydrogens (primary N) is 1. The van der Waals surface area contributed by atoms with Gasteiger partial charge in [-0.05, 0) is 47.0 Å². The van der Waals surface area contributed by atoms with Crippen molar-refractivity contribution in [1.29, 1.82) is 0 Å². The Balaban J connectivity index is 2.04. The molecule has 0 bridgehead atoms. The van der Waals surface area contributed by atoms with E-state index in [1.54, 1.807) is 17.4 Å². The number of nitrogen functional groups attached to an aromatic ring is 1. The van der Waals surface area contributed by atoms with E-state index < -0.39 is 6.10 Å². The molecule has 0 amide bonds. The molecule has 0 saturated carbocycles. The van der Waals surface area contributed by atoms with E-state index in [9.17, 15) is 5.11 Å². The van der Waals surface area contributed by atoms with Gasteiger partial charge in [-0.15, -0.1) is 0 Å². The second-order valence-corrected chi connectivity index (χ2v) is 5.33. The summed E-state index contributed by atoms with van der Waals surface area (Å²) < 4.78 is 0. The van der Waals surface area contributed by atoms with E-state index in [1.807, 2.05) is 29.8 Å². The molecule has 5 heteroatoms. The van der Waals surface area contributed by atoms with E-state index in [4.69, 9.17) is 17.3 Å². The van der Waals surface area contributed by atoms with Crippen molar-refractivity contribution < 1.29 is 5.11 Å². The molecule has 0 radical (unpaired) electrons. The topological polar surface area (TPSA) is 58.3 Å². The lowest BCUT2D eigenvalue weighted by Gasteiger charge is -2.14. The van der Waals surface area contributed by atoms with Crippen LogP contribution in [0.4, 0.5) is 11.4 Å². The fraction of sp³-hybridized carbons (Fsp3) is 0.231. The molecular weight excluding hydrogens is 268 g/mol. The van der Waals surface area contributed by atoms with Crippen molar-refractivity contribution in [1.82, 2.24) is 0 Å². The minimum Gasteiger partial charge on any atom is -0.398 e. The average molecular weight is 283 g/mol. The maximum atomic E-state index is 9.97. The van der Waals surface area contributed by atoms with Crippen LogP contribution in [0.1, 0.15) is 17.2 Å². The van der Waals surface area contributed by atoms with Gasteiger partial charge in [0.2, 0.25) is 0 Å². The predicted octanol–water partition coefficient (Wildman–Crippen LogP) is 3.44. The number of thiophene rings is 1. The van der Waals surface area contributed by atoms with Crippen LogP contribution < -0.4 is 11.1 Å². The number of aliphatic hydroxyl groups excluding tert-OH is 1. The van der Waals surface area contributed by atoms with E-state index in [2.05, 4.69) is 5.32 Å². The molecule has 1 aromatic heterocycles. The highest BCUT2D eigenvalue weighted by Crippen LogP contribution is 2.27. The summed E-state index contributed by atoms with van der Waals surface area (Å²) in [5.74, 6) is 0. The molecule has 1 aromatic carbocycles. The third-order valence-corrected chi connectivity index (χ3v) is 3.79. The molecule has 0 aliphatic rings. The van der Waals surface area contributed by atoms with Gasteiger partial charge in [-0.3, -0.25) is 0 Å². The van der Waals surface area contributed by atoms with Gasteiger partial charge in [0.05, 0.1) is 16.8 Å². The summed E-state index contributed by atoms with van der Waals surface area (Å²) in [5, 5.41) is 17.6. The number of aryl methyl sites for hydroxylation is 1. The van der Waals surface area contributed by atoms with Crippen molar-refractivity contribution in [2.45, 2.75) is 13.0 Å². The average Bonchev–Trinajstić information content (AvgIpc) is 2.85. The lowest BCUT2D eigenvalue weighted by Crippen LogP contribution is -2.12. The highest BCUT2D eigenvalue weighted by atomic mass is 35.5. The van der Waals surface area contributed by atoms with Crippen LogP contribution in [0.2, 0.25) is 5.02 Å². The lowest BCUT2D eigenvalue weighted by atomic mass is 10.1. The van der Waals surface area contributed by atoms with E-state index in [-0.39, 0.29) is 0 Å². The van der Waals surface area contributed by atoms with Gasteiger partial charge >= 0.3 is 0 Å². The first-order valence-corrected chi connectivity index (χ1v) is 6.89. The van der Waals surface area contributed by atoms with Crippen LogP contribution in [0, 0.1) is 6.92 Å². The number of nitrogens with one attached hydrogen (secondary N) is 1. The summed E-state index contributed by atoms with van der Waals surface area (Å²) in [6, 6.07) is 5.52. The number of hydrogen-bond acceptors (Lipinski definition) is 4. The summed E-state index contributed by atoms with van der Waals surface area (Å²) in [4.78, 5) is 0. The van der Waals surface area contributed by atoms with Crippen molar-refractivity contribution in [3.05, 3.63) is 45.1 Å². The first-order valence-electron chi connectivity index (χ1n) is 5.57. The number of anilines is 2. The van der Waals surface area contributed by atoms with Crippen LogP contribution in [0.5, 0.6) is 0 Å². The molecule has 0 fully saturated rings. The van der Waals surface area contributed by atoms with Crippen LogP contribution in [-0.4, -0.2) is 11.7 Å². The van der Waals surface area contributed by atoms with Crippen molar-refractivity contribution in [2.24, 2.45) is 0 Å². The Kier molecular flexibility index (Phi) is 4.11. The highest BCUT2D eigenvalue weighted by molar-refractivity contribution is 7.07. The van der Waals surface area contributed by atoms with E-state index in [1.165, 1.54) is 0 Å². The maximum absolute atomic E-state index is 9.97. The number of halogens is 1. The van der Waals surface area contributed by atoms with Gasteiger partial charge in [-0.1, -0.05) is 11.6 Å². The molecule has 2 aromatic rings. The van der Waals surface area contributed by atoms with Crippen LogP contribution >= 0.6 is 22.9 Å². The van der Waals surface area contributed by atoms with Gasteiger partial charge < -0.3 is 16.2 Å². The fourth-order valence-electron chi connectivity index (χ4n) is 1.68. The van der Waals surface area contributed by atoms with Crippen LogP contribution in [0.3, 0.4) is 0 Å². The first kappa shape index (κ1) is 13.2. The van der Waals surface area contributed by atoms with Crippen LogP contribution in [-0.2, 0) is 0 Å². The van der Waals surface area contributed by atoms with Crippen molar-refractivity contribution in [3.63, 3.8) is 0 Å². The Hall–Kier alpha value is -1.23. The molecule has 2 rings (SSSR count). The molecule has 0 aliphatic carbocycles. The molecular formula is C13H15ClN2OS. The minimum absolute atomic E-state index is 0.442.